The highest BCUT2D eigenvalue weighted by Crippen LogP contribution is 2.13. The molecule has 1 unspecified atom stereocenters. The summed E-state index contributed by atoms with van der Waals surface area (Å²) in [5.41, 5.74) is 1.48. The summed E-state index contributed by atoms with van der Waals surface area (Å²) in [5, 5.41) is 2.76. The van der Waals surface area contributed by atoms with Crippen LogP contribution in [0, 0.1) is 0 Å². The van der Waals surface area contributed by atoms with Crippen molar-refractivity contribution in [3.63, 3.8) is 0 Å². The van der Waals surface area contributed by atoms with E-state index in [9.17, 15) is 0 Å². The lowest BCUT2D eigenvalue weighted by Crippen LogP contribution is -2.28. The predicted molar refractivity (Wildman–Crippen MR) is 64.7 cm³/mol. The van der Waals surface area contributed by atoms with Crippen molar-refractivity contribution >= 4 is 12.2 Å². The summed E-state index contributed by atoms with van der Waals surface area (Å²) in [6, 6.07) is 6.58. The first-order chi connectivity index (χ1) is 6.74. The molecule has 1 atom stereocenters. The second-order valence-corrected chi connectivity index (χ2v) is 3.74. The zero-order valence-corrected chi connectivity index (χ0v) is 9.67. The van der Waals surface area contributed by atoms with E-state index in [1.165, 1.54) is 22.4 Å². The summed E-state index contributed by atoms with van der Waals surface area (Å²) in [6.07, 6.45) is 5.60. The summed E-state index contributed by atoms with van der Waals surface area (Å²) in [6.45, 7) is 8.76. The van der Waals surface area contributed by atoms with Crippen molar-refractivity contribution in [3.05, 3.63) is 34.2 Å². The standard InChI is InChI=1S/C14H20/c1-5-11(4)14-10-8-9-12(6-2)13(14)7-3/h6-11H,5H2,1-4H3. The first kappa shape index (κ1) is 11.0. The Hall–Kier alpha value is -1.04. The van der Waals surface area contributed by atoms with E-state index in [0.717, 1.165) is 0 Å². The largest absolute Gasteiger partial charge is 0.0798 e. The molecule has 0 saturated heterocycles. The van der Waals surface area contributed by atoms with Gasteiger partial charge in [-0.1, -0.05) is 44.2 Å². The molecular weight excluding hydrogens is 168 g/mol. The molecule has 0 nitrogen and oxygen atoms in total. The third-order valence-corrected chi connectivity index (χ3v) is 2.92. The van der Waals surface area contributed by atoms with Gasteiger partial charge < -0.3 is 0 Å². The number of hydrogen-bond donors (Lipinski definition) is 0. The van der Waals surface area contributed by atoms with Crippen LogP contribution in [-0.4, -0.2) is 0 Å². The second kappa shape index (κ2) is 4.99. The van der Waals surface area contributed by atoms with Crippen LogP contribution in [0.1, 0.15) is 45.6 Å². The Morgan fingerprint density at radius 3 is 2.43 bits per heavy atom. The lowest BCUT2D eigenvalue weighted by atomic mass is 9.95. The van der Waals surface area contributed by atoms with Crippen molar-refractivity contribution in [2.45, 2.75) is 40.0 Å². The molecule has 0 aliphatic rings. The maximum absolute atomic E-state index is 2.29. The molecule has 0 N–H and O–H groups in total. The van der Waals surface area contributed by atoms with Crippen LogP contribution in [0.3, 0.4) is 0 Å². The Labute approximate surface area is 87.0 Å². The van der Waals surface area contributed by atoms with Crippen LogP contribution in [0.5, 0.6) is 0 Å². The fourth-order valence-corrected chi connectivity index (χ4v) is 1.84. The van der Waals surface area contributed by atoms with Gasteiger partial charge in [0, 0.05) is 0 Å². The molecule has 0 bridgehead atoms. The summed E-state index contributed by atoms with van der Waals surface area (Å²) in [5.74, 6) is 0.654. The lowest BCUT2D eigenvalue weighted by molar-refractivity contribution is 0.728. The monoisotopic (exact) mass is 188 g/mol. The molecule has 0 fully saturated rings. The van der Waals surface area contributed by atoms with Crippen LogP contribution in [-0.2, 0) is 0 Å². The molecular formula is C14H20. The van der Waals surface area contributed by atoms with Gasteiger partial charge in [-0.3, -0.25) is 0 Å². The van der Waals surface area contributed by atoms with E-state index in [0.29, 0.717) is 5.92 Å². The van der Waals surface area contributed by atoms with Crippen LogP contribution >= 0.6 is 0 Å². The van der Waals surface area contributed by atoms with E-state index in [4.69, 9.17) is 0 Å². The summed E-state index contributed by atoms with van der Waals surface area (Å²) in [4.78, 5) is 0. The SMILES string of the molecule is CC=c1cccc(C(C)CC)c1=CC. The molecule has 0 spiro atoms. The molecule has 0 amide bonds. The maximum atomic E-state index is 2.29. The zero-order valence-electron chi connectivity index (χ0n) is 9.67. The van der Waals surface area contributed by atoms with Gasteiger partial charge in [0.2, 0.25) is 0 Å². The highest BCUT2D eigenvalue weighted by molar-refractivity contribution is 5.35. The first-order valence-corrected chi connectivity index (χ1v) is 5.46. The van der Waals surface area contributed by atoms with Gasteiger partial charge in [-0.05, 0) is 42.2 Å². The fraction of sp³-hybridized carbons (Fsp3) is 0.429. The minimum absolute atomic E-state index is 0.654. The second-order valence-electron chi connectivity index (χ2n) is 3.74. The van der Waals surface area contributed by atoms with Crippen molar-refractivity contribution in [1.82, 2.24) is 0 Å². The highest BCUT2D eigenvalue weighted by Gasteiger charge is 2.03. The topological polar surface area (TPSA) is 0 Å². The van der Waals surface area contributed by atoms with Crippen molar-refractivity contribution in [2.24, 2.45) is 0 Å². The predicted octanol–water partition coefficient (Wildman–Crippen LogP) is 2.80. The van der Waals surface area contributed by atoms with Gasteiger partial charge >= 0.3 is 0 Å². The molecule has 1 aromatic carbocycles. The Balaban J connectivity index is 3.47. The summed E-state index contributed by atoms with van der Waals surface area (Å²) >= 11 is 0. The molecule has 0 radical (unpaired) electrons. The highest BCUT2D eigenvalue weighted by atomic mass is 14.1. The number of hydrogen-bond acceptors (Lipinski definition) is 0. The molecule has 0 saturated carbocycles. The third kappa shape index (κ3) is 2.06. The first-order valence-electron chi connectivity index (χ1n) is 5.46. The van der Waals surface area contributed by atoms with E-state index < -0.39 is 0 Å². The average Bonchev–Trinajstić information content (AvgIpc) is 2.26. The number of rotatable bonds is 2. The quantitative estimate of drug-likeness (QED) is 0.669. The van der Waals surface area contributed by atoms with Crippen molar-refractivity contribution in [2.75, 3.05) is 0 Å². The van der Waals surface area contributed by atoms with E-state index >= 15 is 0 Å². The summed E-state index contributed by atoms with van der Waals surface area (Å²) in [7, 11) is 0. The van der Waals surface area contributed by atoms with E-state index in [2.05, 4.69) is 58.0 Å². The molecule has 76 valence electrons. The molecule has 0 aliphatic carbocycles. The van der Waals surface area contributed by atoms with Crippen LogP contribution in [0.4, 0.5) is 0 Å². The van der Waals surface area contributed by atoms with E-state index in [-0.39, 0.29) is 0 Å². The Morgan fingerprint density at radius 1 is 1.21 bits per heavy atom. The molecule has 0 heteroatoms. The number of benzene rings is 1. The van der Waals surface area contributed by atoms with Gasteiger partial charge in [0.25, 0.3) is 0 Å². The van der Waals surface area contributed by atoms with Gasteiger partial charge in [-0.15, -0.1) is 0 Å². The smallest absolute Gasteiger partial charge is 0.0187 e. The molecule has 1 aromatic rings. The van der Waals surface area contributed by atoms with Crippen LogP contribution < -0.4 is 10.4 Å². The van der Waals surface area contributed by atoms with Crippen LogP contribution in [0.25, 0.3) is 12.2 Å². The minimum Gasteiger partial charge on any atom is -0.0798 e. The lowest BCUT2D eigenvalue weighted by Gasteiger charge is -2.10. The Bertz CT molecular complexity index is 399. The van der Waals surface area contributed by atoms with Gasteiger partial charge in [0.1, 0.15) is 0 Å². The Morgan fingerprint density at radius 2 is 1.93 bits per heavy atom. The molecule has 1 rings (SSSR count). The fourth-order valence-electron chi connectivity index (χ4n) is 1.84. The molecule has 0 heterocycles. The maximum Gasteiger partial charge on any atom is -0.0187 e. The summed E-state index contributed by atoms with van der Waals surface area (Å²) < 4.78 is 0. The van der Waals surface area contributed by atoms with Crippen molar-refractivity contribution < 1.29 is 0 Å². The van der Waals surface area contributed by atoms with Crippen molar-refractivity contribution in [3.8, 4) is 0 Å². The van der Waals surface area contributed by atoms with Gasteiger partial charge in [-0.2, -0.15) is 0 Å². The third-order valence-electron chi connectivity index (χ3n) is 2.92. The zero-order chi connectivity index (χ0) is 10.6. The molecule has 14 heavy (non-hydrogen) atoms. The van der Waals surface area contributed by atoms with E-state index in [1.54, 1.807) is 0 Å². The van der Waals surface area contributed by atoms with Gasteiger partial charge in [0.15, 0.2) is 0 Å². The van der Waals surface area contributed by atoms with E-state index in [1.807, 2.05) is 0 Å². The van der Waals surface area contributed by atoms with Crippen molar-refractivity contribution in [1.29, 1.82) is 0 Å². The van der Waals surface area contributed by atoms with Crippen LogP contribution in [0.15, 0.2) is 18.2 Å². The van der Waals surface area contributed by atoms with Gasteiger partial charge in [-0.25, -0.2) is 0 Å². The molecule has 0 aliphatic heterocycles. The van der Waals surface area contributed by atoms with Crippen LogP contribution in [0.2, 0.25) is 0 Å². The Kier molecular flexibility index (Phi) is 3.94. The normalized spacial score (nSPS) is 16.0. The minimum atomic E-state index is 0.654. The molecule has 0 aromatic heterocycles. The average molecular weight is 188 g/mol. The van der Waals surface area contributed by atoms with Gasteiger partial charge in [0.05, 0.1) is 0 Å².